The van der Waals surface area contributed by atoms with E-state index in [-0.39, 0.29) is 23.6 Å². The molecule has 4 heterocycles. The molecule has 0 bridgehead atoms. The van der Waals surface area contributed by atoms with Gasteiger partial charge in [0.2, 0.25) is 5.76 Å². The highest BCUT2D eigenvalue weighted by Crippen LogP contribution is 2.37. The Morgan fingerprint density at radius 1 is 1.08 bits per heavy atom. The van der Waals surface area contributed by atoms with Gasteiger partial charge in [-0.25, -0.2) is 0 Å². The van der Waals surface area contributed by atoms with Crippen molar-refractivity contribution in [2.75, 3.05) is 32.8 Å². The van der Waals surface area contributed by atoms with Crippen molar-refractivity contribution in [2.24, 2.45) is 0 Å². The highest BCUT2D eigenvalue weighted by atomic mass is 32.1. The maximum atomic E-state index is 12.8. The highest BCUT2D eigenvalue weighted by molar-refractivity contribution is 7.14. The van der Waals surface area contributed by atoms with Crippen LogP contribution < -0.4 is 0 Å². The molecule has 7 nitrogen and oxygen atoms in total. The lowest BCUT2D eigenvalue weighted by atomic mass is 10.2. The standard InChI is InChI=1S/C18H21N3O4S/c22-17(14-6-7-19-25-14)21-9-1-3-13(21)15-4-5-16(26-15)18(23)20-8-2-11-24-12-10-20/h4-7,13H,1-3,8-12H2/t13-/m0/s1. The van der Waals surface area contributed by atoms with Crippen LogP contribution in [0.4, 0.5) is 0 Å². The molecule has 8 heteroatoms. The zero-order chi connectivity index (χ0) is 17.9. The molecule has 0 aromatic carbocycles. The van der Waals surface area contributed by atoms with Gasteiger partial charge in [-0.05, 0) is 31.4 Å². The first kappa shape index (κ1) is 17.2. The Kier molecular flexibility index (Phi) is 5.03. The van der Waals surface area contributed by atoms with Crippen molar-refractivity contribution in [1.29, 1.82) is 0 Å². The molecule has 2 amide bonds. The molecule has 2 fully saturated rings. The van der Waals surface area contributed by atoms with Crippen LogP contribution in [0.2, 0.25) is 0 Å². The van der Waals surface area contributed by atoms with Crippen LogP contribution in [0.15, 0.2) is 28.9 Å². The topological polar surface area (TPSA) is 75.9 Å². The smallest absolute Gasteiger partial charge is 0.292 e. The average Bonchev–Trinajstić information content (AvgIpc) is 3.38. The van der Waals surface area contributed by atoms with Crippen LogP contribution in [0.25, 0.3) is 0 Å². The Labute approximate surface area is 155 Å². The summed E-state index contributed by atoms with van der Waals surface area (Å²) in [6.45, 7) is 3.35. The van der Waals surface area contributed by atoms with Crippen molar-refractivity contribution >= 4 is 23.2 Å². The van der Waals surface area contributed by atoms with E-state index in [1.54, 1.807) is 6.07 Å². The molecule has 26 heavy (non-hydrogen) atoms. The summed E-state index contributed by atoms with van der Waals surface area (Å²) in [6, 6.07) is 5.43. The SMILES string of the molecule is O=C(c1ccc([C@@H]2CCCN2C(=O)c2ccno2)s1)N1CCCOCC1. The van der Waals surface area contributed by atoms with Crippen LogP contribution in [0.3, 0.4) is 0 Å². The molecule has 138 valence electrons. The maximum absolute atomic E-state index is 12.8. The minimum atomic E-state index is -0.143. The van der Waals surface area contributed by atoms with E-state index in [0.29, 0.717) is 26.3 Å². The lowest BCUT2D eigenvalue weighted by Gasteiger charge is -2.22. The molecule has 0 radical (unpaired) electrons. The second-order valence-electron chi connectivity index (χ2n) is 6.49. The molecule has 2 aromatic heterocycles. The molecule has 0 unspecified atom stereocenters. The van der Waals surface area contributed by atoms with Crippen molar-refractivity contribution in [3.8, 4) is 0 Å². The van der Waals surface area contributed by atoms with Crippen molar-refractivity contribution in [3.63, 3.8) is 0 Å². The summed E-state index contributed by atoms with van der Waals surface area (Å²) in [4.78, 5) is 30.8. The summed E-state index contributed by atoms with van der Waals surface area (Å²) in [7, 11) is 0. The van der Waals surface area contributed by atoms with Gasteiger partial charge in [0.1, 0.15) is 0 Å². The average molecular weight is 375 g/mol. The number of rotatable bonds is 3. The Morgan fingerprint density at radius 2 is 2.00 bits per heavy atom. The summed E-state index contributed by atoms with van der Waals surface area (Å²) in [5.74, 6) is 0.170. The fourth-order valence-electron chi connectivity index (χ4n) is 3.53. The lowest BCUT2D eigenvalue weighted by Crippen LogP contribution is -2.32. The maximum Gasteiger partial charge on any atom is 0.292 e. The molecular weight excluding hydrogens is 354 g/mol. The number of thiophene rings is 1. The van der Waals surface area contributed by atoms with Gasteiger partial charge in [-0.15, -0.1) is 11.3 Å². The van der Waals surface area contributed by atoms with Gasteiger partial charge in [0.05, 0.1) is 23.7 Å². The van der Waals surface area contributed by atoms with Crippen LogP contribution >= 0.6 is 11.3 Å². The van der Waals surface area contributed by atoms with Gasteiger partial charge < -0.3 is 19.1 Å². The van der Waals surface area contributed by atoms with Gasteiger partial charge in [-0.3, -0.25) is 9.59 Å². The molecule has 0 saturated carbocycles. The van der Waals surface area contributed by atoms with Gasteiger partial charge in [0.15, 0.2) is 0 Å². The Balaban J connectivity index is 1.49. The van der Waals surface area contributed by atoms with Crippen molar-refractivity contribution < 1.29 is 18.8 Å². The van der Waals surface area contributed by atoms with Gasteiger partial charge in [0.25, 0.3) is 11.8 Å². The molecule has 2 aliphatic heterocycles. The normalized spacial score (nSPS) is 21.0. The van der Waals surface area contributed by atoms with Gasteiger partial charge in [0, 0.05) is 37.2 Å². The number of ether oxygens (including phenoxy) is 1. The number of carbonyl (C=O) groups is 2. The zero-order valence-electron chi connectivity index (χ0n) is 14.4. The first-order valence-corrected chi connectivity index (χ1v) is 9.74. The van der Waals surface area contributed by atoms with E-state index >= 15 is 0 Å². The van der Waals surface area contributed by atoms with Crippen molar-refractivity contribution in [3.05, 3.63) is 39.9 Å². The second kappa shape index (κ2) is 7.59. The van der Waals surface area contributed by atoms with Crippen molar-refractivity contribution in [2.45, 2.75) is 25.3 Å². The van der Waals surface area contributed by atoms with E-state index in [2.05, 4.69) is 5.16 Å². The zero-order valence-corrected chi connectivity index (χ0v) is 15.2. The summed E-state index contributed by atoms with van der Waals surface area (Å²) in [6.07, 6.45) is 4.18. The molecule has 0 spiro atoms. The largest absolute Gasteiger partial charge is 0.380 e. The summed E-state index contributed by atoms with van der Waals surface area (Å²) < 4.78 is 10.4. The van der Waals surface area contributed by atoms with E-state index < -0.39 is 0 Å². The van der Waals surface area contributed by atoms with Crippen LogP contribution in [0.1, 0.15) is 50.4 Å². The molecule has 1 atom stereocenters. The van der Waals surface area contributed by atoms with Crippen molar-refractivity contribution in [1.82, 2.24) is 15.0 Å². The molecule has 0 aliphatic carbocycles. The minimum Gasteiger partial charge on any atom is -0.380 e. The second-order valence-corrected chi connectivity index (χ2v) is 7.61. The molecule has 0 N–H and O–H groups in total. The summed E-state index contributed by atoms with van der Waals surface area (Å²) in [5.41, 5.74) is 0. The third-order valence-electron chi connectivity index (χ3n) is 4.84. The van der Waals surface area contributed by atoms with Gasteiger partial charge in [-0.1, -0.05) is 5.16 Å². The number of nitrogens with zero attached hydrogens (tertiary/aromatic N) is 3. The molecular formula is C18H21N3O4S. The van der Waals surface area contributed by atoms with Gasteiger partial charge in [-0.2, -0.15) is 0 Å². The Hall–Kier alpha value is -2.19. The molecule has 2 aliphatic rings. The predicted octanol–water partition coefficient (Wildman–Crippen LogP) is 2.58. The third kappa shape index (κ3) is 3.39. The lowest BCUT2D eigenvalue weighted by molar-refractivity contribution is 0.0695. The summed E-state index contributed by atoms with van der Waals surface area (Å²) >= 11 is 1.48. The number of hydrogen-bond acceptors (Lipinski definition) is 6. The van der Waals surface area contributed by atoms with E-state index in [1.165, 1.54) is 17.5 Å². The third-order valence-corrected chi connectivity index (χ3v) is 6.01. The Bertz CT molecular complexity index is 765. The quantitative estimate of drug-likeness (QED) is 0.824. The number of hydrogen-bond donors (Lipinski definition) is 0. The van der Waals surface area contributed by atoms with Crippen LogP contribution in [0.5, 0.6) is 0 Å². The van der Waals surface area contributed by atoms with Gasteiger partial charge >= 0.3 is 0 Å². The Morgan fingerprint density at radius 3 is 2.85 bits per heavy atom. The minimum absolute atomic E-state index is 0.00776. The number of likely N-dealkylation sites (tertiary alicyclic amines) is 1. The molecule has 2 aromatic rings. The van der Waals surface area contributed by atoms with Crippen LogP contribution in [0, 0.1) is 0 Å². The monoisotopic (exact) mass is 375 g/mol. The van der Waals surface area contributed by atoms with Crippen LogP contribution in [-0.2, 0) is 4.74 Å². The summed E-state index contributed by atoms with van der Waals surface area (Å²) in [5, 5.41) is 3.62. The van der Waals surface area contributed by atoms with Crippen LogP contribution in [-0.4, -0.2) is 59.6 Å². The fourth-order valence-corrected chi connectivity index (χ4v) is 4.65. The van der Waals surface area contributed by atoms with E-state index in [1.807, 2.05) is 21.9 Å². The number of carbonyl (C=O) groups excluding carboxylic acids is 2. The highest BCUT2D eigenvalue weighted by Gasteiger charge is 2.33. The predicted molar refractivity (Wildman–Crippen MR) is 95.2 cm³/mol. The molecule has 2 saturated heterocycles. The van der Waals surface area contributed by atoms with E-state index in [4.69, 9.17) is 9.26 Å². The van der Waals surface area contributed by atoms with E-state index in [0.717, 1.165) is 35.6 Å². The number of amides is 2. The fraction of sp³-hybridized carbons (Fsp3) is 0.500. The van der Waals surface area contributed by atoms with E-state index in [9.17, 15) is 9.59 Å². The first-order chi connectivity index (χ1) is 12.7. The molecule has 4 rings (SSSR count). The number of aromatic nitrogens is 1. The first-order valence-electron chi connectivity index (χ1n) is 8.92.